The lowest BCUT2D eigenvalue weighted by atomic mass is 10.3. The highest BCUT2D eigenvalue weighted by Crippen LogP contribution is 2.32. The Morgan fingerprint density at radius 3 is 2.84 bits per heavy atom. The maximum absolute atomic E-state index is 12.0. The SMILES string of the molecule is O=C([O-])CCCN1C(=O)S/C(=C/c2cccs2)C1=O. The van der Waals surface area contributed by atoms with Gasteiger partial charge in [-0.1, -0.05) is 6.07 Å². The second kappa shape index (κ2) is 6.03. The summed E-state index contributed by atoms with van der Waals surface area (Å²) in [5.41, 5.74) is 0. The summed E-state index contributed by atoms with van der Waals surface area (Å²) in [6, 6.07) is 3.72. The summed E-state index contributed by atoms with van der Waals surface area (Å²) in [4.78, 5) is 36.3. The van der Waals surface area contributed by atoms with Crippen molar-refractivity contribution in [2.45, 2.75) is 12.8 Å². The van der Waals surface area contributed by atoms with Crippen molar-refractivity contribution < 1.29 is 19.5 Å². The Morgan fingerprint density at radius 1 is 1.42 bits per heavy atom. The van der Waals surface area contributed by atoms with E-state index in [4.69, 9.17) is 0 Å². The molecule has 1 aromatic heterocycles. The Hall–Kier alpha value is -1.60. The quantitative estimate of drug-likeness (QED) is 0.766. The number of thioether (sulfide) groups is 1. The molecule has 2 rings (SSSR count). The fourth-order valence-corrected chi connectivity index (χ4v) is 3.16. The Balaban J connectivity index is 2.02. The van der Waals surface area contributed by atoms with Gasteiger partial charge in [-0.25, -0.2) is 0 Å². The van der Waals surface area contributed by atoms with E-state index < -0.39 is 5.97 Å². The van der Waals surface area contributed by atoms with E-state index in [1.807, 2.05) is 17.5 Å². The smallest absolute Gasteiger partial charge is 0.293 e. The Labute approximate surface area is 117 Å². The molecule has 0 bridgehead atoms. The van der Waals surface area contributed by atoms with Crippen LogP contribution in [0, 0.1) is 0 Å². The van der Waals surface area contributed by atoms with Crippen molar-refractivity contribution in [3.05, 3.63) is 27.3 Å². The predicted octanol–water partition coefficient (Wildman–Crippen LogP) is 1.31. The molecule has 0 saturated carbocycles. The number of rotatable bonds is 5. The molecular formula is C12H10NO4S2-. The van der Waals surface area contributed by atoms with E-state index in [2.05, 4.69) is 0 Å². The van der Waals surface area contributed by atoms with E-state index in [0.29, 0.717) is 4.91 Å². The molecule has 1 saturated heterocycles. The molecule has 1 aliphatic heterocycles. The maximum Gasteiger partial charge on any atom is 0.293 e. The number of hydrogen-bond donors (Lipinski definition) is 0. The minimum Gasteiger partial charge on any atom is -0.550 e. The lowest BCUT2D eigenvalue weighted by molar-refractivity contribution is -0.305. The highest BCUT2D eigenvalue weighted by atomic mass is 32.2. The molecule has 0 unspecified atom stereocenters. The van der Waals surface area contributed by atoms with Gasteiger partial charge in [-0.3, -0.25) is 14.5 Å². The number of aliphatic carboxylic acids is 1. The first-order chi connectivity index (χ1) is 9.08. The number of carbonyl (C=O) groups excluding carboxylic acids is 3. The minimum atomic E-state index is -1.18. The van der Waals surface area contributed by atoms with Crippen LogP contribution in [0.15, 0.2) is 22.4 Å². The van der Waals surface area contributed by atoms with Crippen molar-refractivity contribution in [3.63, 3.8) is 0 Å². The molecule has 0 aliphatic carbocycles. The zero-order valence-electron chi connectivity index (χ0n) is 9.83. The number of carbonyl (C=O) groups is 3. The standard InChI is InChI=1S/C12H11NO4S2/c14-10(15)4-1-5-13-11(16)9(19-12(13)17)7-8-3-2-6-18-8/h2-3,6-7H,1,4-5H2,(H,14,15)/p-1/b9-7+. The van der Waals surface area contributed by atoms with Crippen molar-refractivity contribution >= 4 is 46.3 Å². The van der Waals surface area contributed by atoms with Crippen LogP contribution in [0.4, 0.5) is 4.79 Å². The molecule has 0 radical (unpaired) electrons. The van der Waals surface area contributed by atoms with Crippen LogP contribution in [-0.4, -0.2) is 28.6 Å². The predicted molar refractivity (Wildman–Crippen MR) is 71.2 cm³/mol. The van der Waals surface area contributed by atoms with Gasteiger partial charge in [0.15, 0.2) is 0 Å². The Bertz CT molecular complexity index is 536. The van der Waals surface area contributed by atoms with Gasteiger partial charge in [0.25, 0.3) is 11.1 Å². The molecule has 2 amide bonds. The molecule has 0 spiro atoms. The molecule has 0 atom stereocenters. The van der Waals surface area contributed by atoms with Crippen LogP contribution in [0.1, 0.15) is 17.7 Å². The van der Waals surface area contributed by atoms with Crippen LogP contribution in [0.2, 0.25) is 0 Å². The van der Waals surface area contributed by atoms with Crippen LogP contribution in [-0.2, 0) is 9.59 Å². The molecule has 1 aliphatic rings. The van der Waals surface area contributed by atoms with Gasteiger partial charge in [-0.05, 0) is 42.1 Å². The summed E-state index contributed by atoms with van der Waals surface area (Å²) in [6.07, 6.45) is 1.73. The fraction of sp³-hybridized carbons (Fsp3) is 0.250. The second-order valence-electron chi connectivity index (χ2n) is 3.82. The number of hydrogen-bond acceptors (Lipinski definition) is 6. The summed E-state index contributed by atoms with van der Waals surface area (Å²) in [5.74, 6) is -1.54. The summed E-state index contributed by atoms with van der Waals surface area (Å²) >= 11 is 2.36. The van der Waals surface area contributed by atoms with Crippen LogP contribution in [0.5, 0.6) is 0 Å². The molecule has 0 N–H and O–H groups in total. The number of carboxylic acids is 1. The Morgan fingerprint density at radius 2 is 2.21 bits per heavy atom. The molecule has 1 aromatic rings. The topological polar surface area (TPSA) is 77.5 Å². The molecule has 100 valence electrons. The third kappa shape index (κ3) is 3.45. The van der Waals surface area contributed by atoms with Crippen molar-refractivity contribution in [1.82, 2.24) is 4.90 Å². The van der Waals surface area contributed by atoms with Crippen LogP contribution < -0.4 is 5.11 Å². The zero-order chi connectivity index (χ0) is 13.8. The van der Waals surface area contributed by atoms with Crippen molar-refractivity contribution in [2.24, 2.45) is 0 Å². The molecular weight excluding hydrogens is 286 g/mol. The van der Waals surface area contributed by atoms with Gasteiger partial charge in [0.1, 0.15) is 0 Å². The molecule has 7 heteroatoms. The highest BCUT2D eigenvalue weighted by molar-refractivity contribution is 8.18. The lowest BCUT2D eigenvalue weighted by Gasteiger charge is -2.11. The van der Waals surface area contributed by atoms with Gasteiger partial charge in [-0.2, -0.15) is 0 Å². The lowest BCUT2D eigenvalue weighted by Crippen LogP contribution is -2.30. The van der Waals surface area contributed by atoms with Crippen LogP contribution in [0.3, 0.4) is 0 Å². The molecule has 1 fully saturated rings. The van der Waals surface area contributed by atoms with Gasteiger partial charge in [0.05, 0.1) is 4.91 Å². The molecule has 19 heavy (non-hydrogen) atoms. The van der Waals surface area contributed by atoms with Crippen molar-refractivity contribution in [2.75, 3.05) is 6.54 Å². The maximum atomic E-state index is 12.0. The fourth-order valence-electron chi connectivity index (χ4n) is 1.58. The first-order valence-corrected chi connectivity index (χ1v) is 7.26. The third-order valence-electron chi connectivity index (χ3n) is 2.45. The first kappa shape index (κ1) is 13.8. The van der Waals surface area contributed by atoms with Crippen molar-refractivity contribution in [3.8, 4) is 0 Å². The summed E-state index contributed by atoms with van der Waals surface area (Å²) in [7, 11) is 0. The molecule has 0 aromatic carbocycles. The number of imide groups is 1. The van der Waals surface area contributed by atoms with E-state index in [-0.39, 0.29) is 30.5 Å². The molecule has 2 heterocycles. The van der Waals surface area contributed by atoms with E-state index in [9.17, 15) is 19.5 Å². The number of amides is 2. The zero-order valence-corrected chi connectivity index (χ0v) is 11.5. The van der Waals surface area contributed by atoms with E-state index in [1.54, 1.807) is 6.08 Å². The van der Waals surface area contributed by atoms with Gasteiger partial charge in [0.2, 0.25) is 0 Å². The number of carboxylic acid groups (broad SMARTS) is 1. The summed E-state index contributed by atoms with van der Waals surface area (Å²) in [6.45, 7) is 0.112. The second-order valence-corrected chi connectivity index (χ2v) is 5.80. The normalized spacial score (nSPS) is 17.5. The van der Waals surface area contributed by atoms with Crippen molar-refractivity contribution in [1.29, 1.82) is 0 Å². The van der Waals surface area contributed by atoms with Gasteiger partial charge in [0, 0.05) is 17.4 Å². The van der Waals surface area contributed by atoms with E-state index in [1.165, 1.54) is 11.3 Å². The van der Waals surface area contributed by atoms with E-state index >= 15 is 0 Å². The van der Waals surface area contributed by atoms with Gasteiger partial charge < -0.3 is 9.90 Å². The van der Waals surface area contributed by atoms with Crippen LogP contribution in [0.25, 0.3) is 6.08 Å². The average molecular weight is 296 g/mol. The number of nitrogens with zero attached hydrogens (tertiary/aromatic N) is 1. The van der Waals surface area contributed by atoms with Gasteiger partial charge in [-0.15, -0.1) is 11.3 Å². The Kier molecular flexibility index (Phi) is 4.39. The first-order valence-electron chi connectivity index (χ1n) is 5.56. The minimum absolute atomic E-state index is 0.112. The third-order valence-corrected chi connectivity index (χ3v) is 4.18. The number of thiophene rings is 1. The largest absolute Gasteiger partial charge is 0.550 e. The molecule has 5 nitrogen and oxygen atoms in total. The monoisotopic (exact) mass is 296 g/mol. The van der Waals surface area contributed by atoms with E-state index in [0.717, 1.165) is 21.5 Å². The summed E-state index contributed by atoms with van der Waals surface area (Å²) in [5, 5.41) is 11.8. The van der Waals surface area contributed by atoms with Crippen LogP contribution >= 0.6 is 23.1 Å². The average Bonchev–Trinajstić information content (AvgIpc) is 2.93. The highest BCUT2D eigenvalue weighted by Gasteiger charge is 2.34. The summed E-state index contributed by atoms with van der Waals surface area (Å²) < 4.78 is 0. The van der Waals surface area contributed by atoms with Gasteiger partial charge >= 0.3 is 0 Å².